The summed E-state index contributed by atoms with van der Waals surface area (Å²) in [6, 6.07) is 4.47. The van der Waals surface area contributed by atoms with Gasteiger partial charge < -0.3 is 11.1 Å². The molecular formula is C10H12N6O2. The van der Waals surface area contributed by atoms with Crippen LogP contribution in [0, 0.1) is 10.1 Å². The molecule has 0 aliphatic rings. The lowest BCUT2D eigenvalue weighted by Crippen LogP contribution is -2.03. The first-order chi connectivity index (χ1) is 8.56. The molecule has 1 aromatic carbocycles. The Morgan fingerprint density at radius 2 is 2.33 bits per heavy atom. The minimum atomic E-state index is -0.514. The molecule has 0 amide bonds. The average molecular weight is 248 g/mol. The molecule has 0 aliphatic carbocycles. The molecule has 0 atom stereocenters. The Morgan fingerprint density at radius 3 is 2.89 bits per heavy atom. The highest BCUT2D eigenvalue weighted by Gasteiger charge is 2.11. The predicted octanol–water partition coefficient (Wildman–Crippen LogP) is 0.918. The van der Waals surface area contributed by atoms with Crippen molar-refractivity contribution in [2.24, 2.45) is 7.05 Å². The van der Waals surface area contributed by atoms with E-state index in [1.54, 1.807) is 24.1 Å². The molecule has 0 unspecified atom stereocenters. The number of nitro groups is 1. The quantitative estimate of drug-likeness (QED) is 0.472. The summed E-state index contributed by atoms with van der Waals surface area (Å²) in [5.41, 5.74) is 6.29. The number of aromatic nitrogens is 3. The van der Waals surface area contributed by atoms with Gasteiger partial charge >= 0.3 is 0 Å². The van der Waals surface area contributed by atoms with Gasteiger partial charge in [-0.05, 0) is 12.1 Å². The zero-order valence-electron chi connectivity index (χ0n) is 9.70. The summed E-state index contributed by atoms with van der Waals surface area (Å²) in [4.78, 5) is 14.1. The number of nitro benzene ring substituents is 1. The Labute approximate surface area is 103 Å². The lowest BCUT2D eigenvalue weighted by atomic mass is 10.2. The van der Waals surface area contributed by atoms with E-state index in [0.717, 1.165) is 0 Å². The van der Waals surface area contributed by atoms with Crippen LogP contribution in [0.15, 0.2) is 24.5 Å². The zero-order chi connectivity index (χ0) is 13.1. The van der Waals surface area contributed by atoms with E-state index in [1.807, 2.05) is 0 Å². The molecule has 8 heteroatoms. The van der Waals surface area contributed by atoms with Crippen molar-refractivity contribution in [2.75, 3.05) is 11.1 Å². The van der Waals surface area contributed by atoms with Crippen molar-refractivity contribution in [1.82, 2.24) is 14.8 Å². The maximum atomic E-state index is 10.6. The molecule has 18 heavy (non-hydrogen) atoms. The SMILES string of the molecule is Cn1cnc(CNc2ccc([N+](=O)[O-])c(N)c2)n1. The standard InChI is InChI=1S/C10H12N6O2/c1-15-6-13-10(14-15)5-12-7-2-3-9(16(17)18)8(11)4-7/h2-4,6,12H,5,11H2,1H3. The van der Waals surface area contributed by atoms with Crippen LogP contribution in [0.25, 0.3) is 0 Å². The number of nitrogens with one attached hydrogen (secondary N) is 1. The number of anilines is 2. The Bertz CT molecular complexity index is 579. The lowest BCUT2D eigenvalue weighted by molar-refractivity contribution is -0.383. The molecule has 1 aromatic heterocycles. The molecule has 0 spiro atoms. The van der Waals surface area contributed by atoms with Gasteiger partial charge in [-0.15, -0.1) is 0 Å². The van der Waals surface area contributed by atoms with Crippen LogP contribution in [0.4, 0.5) is 17.1 Å². The van der Waals surface area contributed by atoms with Crippen LogP contribution in [0.5, 0.6) is 0 Å². The van der Waals surface area contributed by atoms with Crippen molar-refractivity contribution in [3.63, 3.8) is 0 Å². The molecule has 2 aromatic rings. The fourth-order valence-corrected chi connectivity index (χ4v) is 1.48. The number of nitrogen functional groups attached to an aromatic ring is 1. The van der Waals surface area contributed by atoms with Crippen LogP contribution in [0.1, 0.15) is 5.82 Å². The number of benzene rings is 1. The maximum Gasteiger partial charge on any atom is 0.292 e. The van der Waals surface area contributed by atoms with Crippen molar-refractivity contribution < 1.29 is 4.92 Å². The highest BCUT2D eigenvalue weighted by molar-refractivity contribution is 5.65. The minimum absolute atomic E-state index is 0.100. The second kappa shape index (κ2) is 4.70. The number of hydrogen-bond acceptors (Lipinski definition) is 6. The summed E-state index contributed by atoms with van der Waals surface area (Å²) < 4.78 is 1.60. The number of nitrogens with two attached hydrogens (primary N) is 1. The van der Waals surface area contributed by atoms with Gasteiger partial charge in [0, 0.05) is 18.8 Å². The molecule has 0 radical (unpaired) electrons. The van der Waals surface area contributed by atoms with Gasteiger partial charge in [-0.3, -0.25) is 14.8 Å². The van der Waals surface area contributed by atoms with E-state index in [9.17, 15) is 10.1 Å². The molecule has 0 aliphatic heterocycles. The van der Waals surface area contributed by atoms with Gasteiger partial charge in [0.25, 0.3) is 5.69 Å². The monoisotopic (exact) mass is 248 g/mol. The fraction of sp³-hybridized carbons (Fsp3) is 0.200. The Morgan fingerprint density at radius 1 is 1.56 bits per heavy atom. The average Bonchev–Trinajstić information content (AvgIpc) is 2.72. The summed E-state index contributed by atoms with van der Waals surface area (Å²) >= 11 is 0. The first-order valence-electron chi connectivity index (χ1n) is 5.18. The zero-order valence-corrected chi connectivity index (χ0v) is 9.70. The van der Waals surface area contributed by atoms with Gasteiger partial charge in [0.2, 0.25) is 0 Å². The van der Waals surface area contributed by atoms with Crippen molar-refractivity contribution in [3.8, 4) is 0 Å². The summed E-state index contributed by atoms with van der Waals surface area (Å²) in [7, 11) is 1.78. The Hall–Kier alpha value is -2.64. The van der Waals surface area contributed by atoms with E-state index in [-0.39, 0.29) is 11.4 Å². The van der Waals surface area contributed by atoms with Crippen LogP contribution in [-0.4, -0.2) is 19.7 Å². The molecule has 0 saturated carbocycles. The van der Waals surface area contributed by atoms with Gasteiger partial charge in [0.15, 0.2) is 5.82 Å². The van der Waals surface area contributed by atoms with Gasteiger partial charge in [-0.2, -0.15) is 5.10 Å². The van der Waals surface area contributed by atoms with E-state index in [2.05, 4.69) is 15.4 Å². The van der Waals surface area contributed by atoms with Crippen molar-refractivity contribution in [2.45, 2.75) is 6.54 Å². The van der Waals surface area contributed by atoms with Gasteiger partial charge in [0.05, 0.1) is 11.5 Å². The van der Waals surface area contributed by atoms with E-state index in [1.165, 1.54) is 12.1 Å². The molecule has 0 fully saturated rings. The second-order valence-electron chi connectivity index (χ2n) is 3.72. The van der Waals surface area contributed by atoms with Crippen LogP contribution in [0.2, 0.25) is 0 Å². The molecule has 0 bridgehead atoms. The Kier molecular flexibility index (Phi) is 3.09. The Balaban J connectivity index is 2.06. The van der Waals surface area contributed by atoms with Gasteiger partial charge in [-0.25, -0.2) is 4.98 Å². The first-order valence-corrected chi connectivity index (χ1v) is 5.18. The summed E-state index contributed by atoms with van der Waals surface area (Å²) in [5.74, 6) is 0.634. The molecular weight excluding hydrogens is 236 g/mol. The van der Waals surface area contributed by atoms with Gasteiger partial charge in [0.1, 0.15) is 12.0 Å². The number of rotatable bonds is 4. The summed E-state index contributed by atoms with van der Waals surface area (Å²) in [6.07, 6.45) is 1.60. The summed E-state index contributed by atoms with van der Waals surface area (Å²) in [6.45, 7) is 0.429. The number of aryl methyl sites for hydroxylation is 1. The van der Waals surface area contributed by atoms with E-state index in [4.69, 9.17) is 5.73 Å². The van der Waals surface area contributed by atoms with E-state index >= 15 is 0 Å². The van der Waals surface area contributed by atoms with Crippen molar-refractivity contribution >= 4 is 17.1 Å². The van der Waals surface area contributed by atoms with Crippen molar-refractivity contribution in [3.05, 3.63) is 40.5 Å². The summed E-state index contributed by atoms with van der Waals surface area (Å²) in [5, 5.41) is 17.7. The highest BCUT2D eigenvalue weighted by atomic mass is 16.6. The van der Waals surface area contributed by atoms with E-state index in [0.29, 0.717) is 18.1 Å². The molecule has 2 rings (SSSR count). The highest BCUT2D eigenvalue weighted by Crippen LogP contribution is 2.24. The molecule has 0 saturated heterocycles. The predicted molar refractivity (Wildman–Crippen MR) is 65.8 cm³/mol. The number of nitrogens with zero attached hydrogens (tertiary/aromatic N) is 4. The smallest absolute Gasteiger partial charge is 0.292 e. The fourth-order valence-electron chi connectivity index (χ4n) is 1.48. The second-order valence-corrected chi connectivity index (χ2v) is 3.72. The van der Waals surface area contributed by atoms with Crippen LogP contribution < -0.4 is 11.1 Å². The molecule has 94 valence electrons. The molecule has 8 nitrogen and oxygen atoms in total. The first kappa shape index (κ1) is 11.8. The third-order valence-electron chi connectivity index (χ3n) is 2.32. The minimum Gasteiger partial charge on any atom is -0.393 e. The third-order valence-corrected chi connectivity index (χ3v) is 2.32. The lowest BCUT2D eigenvalue weighted by Gasteiger charge is -2.05. The molecule has 1 heterocycles. The van der Waals surface area contributed by atoms with E-state index < -0.39 is 4.92 Å². The normalized spacial score (nSPS) is 10.3. The maximum absolute atomic E-state index is 10.6. The van der Waals surface area contributed by atoms with Crippen LogP contribution in [-0.2, 0) is 13.6 Å². The van der Waals surface area contributed by atoms with Gasteiger partial charge in [-0.1, -0.05) is 0 Å². The van der Waals surface area contributed by atoms with Crippen LogP contribution >= 0.6 is 0 Å². The number of hydrogen-bond donors (Lipinski definition) is 2. The van der Waals surface area contributed by atoms with Crippen molar-refractivity contribution in [1.29, 1.82) is 0 Å². The third kappa shape index (κ3) is 2.54. The topological polar surface area (TPSA) is 112 Å². The van der Waals surface area contributed by atoms with Crippen LogP contribution in [0.3, 0.4) is 0 Å². The molecule has 3 N–H and O–H groups in total. The largest absolute Gasteiger partial charge is 0.393 e.